The summed E-state index contributed by atoms with van der Waals surface area (Å²) in [4.78, 5) is 14.1. The van der Waals surface area contributed by atoms with Crippen LogP contribution in [0.1, 0.15) is 26.2 Å². The predicted octanol–water partition coefficient (Wildman–Crippen LogP) is 0.753. The largest absolute Gasteiger partial charge is 0.354 e. The Kier molecular flexibility index (Phi) is 4.78. The predicted molar refractivity (Wildman–Crippen MR) is 73.4 cm³/mol. The molecule has 18 heavy (non-hydrogen) atoms. The molecule has 0 radical (unpaired) electrons. The summed E-state index contributed by atoms with van der Waals surface area (Å²) in [6.45, 7) is 11.1. The van der Waals surface area contributed by atoms with E-state index < -0.39 is 0 Å². The number of rotatable bonds is 6. The monoisotopic (exact) mass is 251 g/mol. The average Bonchev–Trinajstić information content (AvgIpc) is 2.73. The van der Waals surface area contributed by atoms with Crippen LogP contribution in [0.25, 0.3) is 0 Å². The lowest BCUT2D eigenvalue weighted by Crippen LogP contribution is -2.46. The van der Waals surface area contributed by atoms with Crippen molar-refractivity contribution in [3.8, 4) is 0 Å². The molecule has 0 bridgehead atoms. The number of hydrogen-bond acceptors (Lipinski definition) is 3. The maximum Gasteiger partial charge on any atom is 0.224 e. The third kappa shape index (κ3) is 3.12. The molecular formula is C14H25N3O. The number of likely N-dealkylation sites (tertiary alicyclic amines) is 1. The number of carbonyl (C=O) groups excluding carboxylic acids is 1. The van der Waals surface area contributed by atoms with E-state index in [1.807, 2.05) is 0 Å². The Hall–Kier alpha value is -0.870. The second kappa shape index (κ2) is 6.34. The van der Waals surface area contributed by atoms with Crippen molar-refractivity contribution in [2.24, 2.45) is 5.92 Å². The van der Waals surface area contributed by atoms with Crippen molar-refractivity contribution in [2.45, 2.75) is 32.2 Å². The molecule has 2 rings (SSSR count). The van der Waals surface area contributed by atoms with Crippen LogP contribution < -0.4 is 10.6 Å². The van der Waals surface area contributed by atoms with Crippen LogP contribution in [0, 0.1) is 5.92 Å². The fraction of sp³-hybridized carbons (Fsp3) is 0.786. The van der Waals surface area contributed by atoms with Gasteiger partial charge in [0.2, 0.25) is 5.91 Å². The van der Waals surface area contributed by atoms with Crippen LogP contribution in [0.5, 0.6) is 0 Å². The molecule has 4 nitrogen and oxygen atoms in total. The van der Waals surface area contributed by atoms with Crippen LogP contribution in [0.2, 0.25) is 0 Å². The lowest BCUT2D eigenvalue weighted by Gasteiger charge is -2.36. The van der Waals surface area contributed by atoms with Gasteiger partial charge >= 0.3 is 0 Å². The molecule has 102 valence electrons. The zero-order valence-corrected chi connectivity index (χ0v) is 11.4. The van der Waals surface area contributed by atoms with Gasteiger partial charge in [0.15, 0.2) is 0 Å². The quantitative estimate of drug-likeness (QED) is 0.541. The fourth-order valence-electron chi connectivity index (χ4n) is 3.02. The zero-order valence-electron chi connectivity index (χ0n) is 11.4. The second-order valence-corrected chi connectivity index (χ2v) is 5.46. The molecule has 2 atom stereocenters. The van der Waals surface area contributed by atoms with Crippen LogP contribution >= 0.6 is 0 Å². The highest BCUT2D eigenvalue weighted by atomic mass is 16.2. The smallest absolute Gasteiger partial charge is 0.224 e. The molecule has 2 heterocycles. The van der Waals surface area contributed by atoms with E-state index in [0.29, 0.717) is 6.04 Å². The van der Waals surface area contributed by atoms with Gasteiger partial charge in [-0.25, -0.2) is 0 Å². The first kappa shape index (κ1) is 13.6. The fourth-order valence-corrected chi connectivity index (χ4v) is 3.02. The molecule has 2 N–H and O–H groups in total. The average molecular weight is 251 g/mol. The van der Waals surface area contributed by atoms with E-state index in [2.05, 4.69) is 29.0 Å². The van der Waals surface area contributed by atoms with Crippen molar-refractivity contribution >= 4 is 5.91 Å². The minimum absolute atomic E-state index is 0.218. The third-order valence-electron chi connectivity index (χ3n) is 3.94. The topological polar surface area (TPSA) is 44.4 Å². The summed E-state index contributed by atoms with van der Waals surface area (Å²) in [6.07, 6.45) is 3.33. The molecule has 2 aliphatic rings. The Balaban J connectivity index is 1.81. The standard InChI is InChI=1S/C14H25N3O/c1-3-6-15-8-11(2)10-17-7-4-5-12-13(17)9-16-14(12)18/h12-13,15H,2-10H2,1H3,(H,16,18). The van der Waals surface area contributed by atoms with Crippen LogP contribution in [0.4, 0.5) is 0 Å². The Morgan fingerprint density at radius 2 is 2.44 bits per heavy atom. The molecule has 2 aliphatic heterocycles. The summed E-state index contributed by atoms with van der Waals surface area (Å²) in [5.41, 5.74) is 1.23. The maximum atomic E-state index is 11.7. The number of nitrogens with zero attached hydrogens (tertiary/aromatic N) is 1. The molecule has 0 aromatic carbocycles. The summed E-state index contributed by atoms with van der Waals surface area (Å²) in [7, 11) is 0. The first-order valence-electron chi connectivity index (χ1n) is 7.11. The van der Waals surface area contributed by atoms with E-state index in [1.54, 1.807) is 0 Å². The van der Waals surface area contributed by atoms with Crippen molar-refractivity contribution < 1.29 is 4.79 Å². The van der Waals surface area contributed by atoms with Gasteiger partial charge in [0.1, 0.15) is 0 Å². The van der Waals surface area contributed by atoms with Crippen LogP contribution in [-0.4, -0.2) is 49.6 Å². The van der Waals surface area contributed by atoms with Crippen LogP contribution in [-0.2, 0) is 4.79 Å². The van der Waals surface area contributed by atoms with Gasteiger partial charge < -0.3 is 10.6 Å². The van der Waals surface area contributed by atoms with Crippen LogP contribution in [0.15, 0.2) is 12.2 Å². The van der Waals surface area contributed by atoms with Crippen LogP contribution in [0.3, 0.4) is 0 Å². The van der Waals surface area contributed by atoms with E-state index in [4.69, 9.17) is 0 Å². The first-order chi connectivity index (χ1) is 8.72. The molecule has 0 aromatic heterocycles. The normalized spacial score (nSPS) is 27.9. The highest BCUT2D eigenvalue weighted by Gasteiger charge is 2.40. The first-order valence-corrected chi connectivity index (χ1v) is 7.11. The van der Waals surface area contributed by atoms with E-state index in [-0.39, 0.29) is 11.8 Å². The Morgan fingerprint density at radius 1 is 1.61 bits per heavy atom. The lowest BCUT2D eigenvalue weighted by atomic mass is 9.91. The highest BCUT2D eigenvalue weighted by Crippen LogP contribution is 2.27. The van der Waals surface area contributed by atoms with Gasteiger partial charge in [-0.2, -0.15) is 0 Å². The number of amides is 1. The summed E-state index contributed by atoms with van der Waals surface area (Å²) < 4.78 is 0. The Labute approximate surface area is 110 Å². The molecule has 1 amide bonds. The summed E-state index contributed by atoms with van der Waals surface area (Å²) in [5, 5.41) is 6.38. The van der Waals surface area contributed by atoms with Gasteiger partial charge in [0, 0.05) is 25.7 Å². The number of hydrogen-bond donors (Lipinski definition) is 2. The van der Waals surface area contributed by atoms with Gasteiger partial charge in [0.25, 0.3) is 0 Å². The Bertz CT molecular complexity index is 316. The van der Waals surface area contributed by atoms with Gasteiger partial charge in [-0.1, -0.05) is 13.5 Å². The van der Waals surface area contributed by atoms with Crippen molar-refractivity contribution in [2.75, 3.05) is 32.7 Å². The van der Waals surface area contributed by atoms with Crippen molar-refractivity contribution in [1.82, 2.24) is 15.5 Å². The third-order valence-corrected chi connectivity index (χ3v) is 3.94. The van der Waals surface area contributed by atoms with Gasteiger partial charge in [-0.05, 0) is 37.9 Å². The molecule has 0 aliphatic carbocycles. The van der Waals surface area contributed by atoms with Crippen molar-refractivity contribution in [1.29, 1.82) is 0 Å². The number of fused-ring (bicyclic) bond motifs is 1. The number of piperidine rings is 1. The molecule has 2 fully saturated rings. The van der Waals surface area contributed by atoms with E-state index >= 15 is 0 Å². The molecule has 2 unspecified atom stereocenters. The number of carbonyl (C=O) groups is 1. The molecule has 2 saturated heterocycles. The minimum Gasteiger partial charge on any atom is -0.354 e. The zero-order chi connectivity index (χ0) is 13.0. The lowest BCUT2D eigenvalue weighted by molar-refractivity contribution is -0.124. The Morgan fingerprint density at radius 3 is 3.22 bits per heavy atom. The van der Waals surface area contributed by atoms with Crippen molar-refractivity contribution in [3.05, 3.63) is 12.2 Å². The summed E-state index contributed by atoms with van der Waals surface area (Å²) in [5.74, 6) is 0.467. The minimum atomic E-state index is 0.218. The maximum absolute atomic E-state index is 11.7. The van der Waals surface area contributed by atoms with Gasteiger partial charge in [0.05, 0.1) is 5.92 Å². The second-order valence-electron chi connectivity index (χ2n) is 5.46. The SMILES string of the molecule is C=C(CNCCC)CN1CCCC2C(=O)NCC21. The van der Waals surface area contributed by atoms with E-state index in [0.717, 1.165) is 52.0 Å². The molecule has 0 saturated carbocycles. The number of nitrogens with one attached hydrogen (secondary N) is 2. The van der Waals surface area contributed by atoms with E-state index in [1.165, 1.54) is 5.57 Å². The highest BCUT2D eigenvalue weighted by molar-refractivity contribution is 5.82. The molecular weight excluding hydrogens is 226 g/mol. The van der Waals surface area contributed by atoms with Gasteiger partial charge in [-0.3, -0.25) is 9.69 Å². The molecule has 0 aromatic rings. The molecule has 0 spiro atoms. The van der Waals surface area contributed by atoms with Gasteiger partial charge in [-0.15, -0.1) is 0 Å². The van der Waals surface area contributed by atoms with E-state index in [9.17, 15) is 4.79 Å². The summed E-state index contributed by atoms with van der Waals surface area (Å²) in [6, 6.07) is 0.397. The molecule has 4 heteroatoms. The summed E-state index contributed by atoms with van der Waals surface area (Å²) >= 11 is 0. The van der Waals surface area contributed by atoms with Crippen molar-refractivity contribution in [3.63, 3.8) is 0 Å².